The van der Waals surface area contributed by atoms with E-state index >= 15 is 0 Å². The fourth-order valence-corrected chi connectivity index (χ4v) is 2.60. The van der Waals surface area contributed by atoms with Crippen molar-refractivity contribution in [3.63, 3.8) is 0 Å². The second-order valence-corrected chi connectivity index (χ2v) is 5.24. The van der Waals surface area contributed by atoms with Gasteiger partial charge in [0, 0.05) is 0 Å². The molecule has 3 rings (SSSR count). The van der Waals surface area contributed by atoms with Gasteiger partial charge >= 0.3 is 0 Å². The molecule has 17 heavy (non-hydrogen) atoms. The molecule has 0 unspecified atom stereocenters. The molecule has 0 aliphatic carbocycles. The highest BCUT2D eigenvalue weighted by Gasteiger charge is 2.11. The maximum absolute atomic E-state index is 6.13. The van der Waals surface area contributed by atoms with Crippen LogP contribution < -0.4 is 0 Å². The number of imidazole rings is 1. The Balaban J connectivity index is 2.62. The molecule has 2 heterocycles. The number of hydrogen-bond donors (Lipinski definition) is 0. The summed E-state index contributed by atoms with van der Waals surface area (Å²) in [6.07, 6.45) is 1.73. The molecule has 0 saturated carbocycles. The highest BCUT2D eigenvalue weighted by molar-refractivity contribution is 9.10. The summed E-state index contributed by atoms with van der Waals surface area (Å²) in [5.74, 6) is 0. The number of hydrogen-bond acceptors (Lipinski definition) is 2. The van der Waals surface area contributed by atoms with E-state index < -0.39 is 0 Å². The van der Waals surface area contributed by atoms with Gasteiger partial charge in [-0.3, -0.25) is 4.40 Å². The van der Waals surface area contributed by atoms with Crippen molar-refractivity contribution in [2.24, 2.45) is 0 Å². The van der Waals surface area contributed by atoms with Crippen LogP contribution in [0.15, 0.2) is 22.9 Å². The lowest BCUT2D eigenvalue weighted by Crippen LogP contribution is -1.95. The number of aryl methyl sites for hydroxylation is 2. The minimum atomic E-state index is 0.423. The number of rotatable bonds is 0. The van der Waals surface area contributed by atoms with Crippen LogP contribution in [0.3, 0.4) is 0 Å². The smallest absolute Gasteiger partial charge is 0.176 e. The molecule has 2 aromatic heterocycles. The van der Waals surface area contributed by atoms with Gasteiger partial charge in [-0.1, -0.05) is 11.6 Å². The number of fused-ring (bicyclic) bond motifs is 3. The molecule has 0 spiro atoms. The molecule has 0 bridgehead atoms. The van der Waals surface area contributed by atoms with Crippen LogP contribution in [0.5, 0.6) is 0 Å². The molecule has 0 saturated heterocycles. The number of aromatic nitrogens is 3. The monoisotopic (exact) mass is 309 g/mol. The van der Waals surface area contributed by atoms with Gasteiger partial charge in [0.1, 0.15) is 4.60 Å². The third-order valence-electron chi connectivity index (χ3n) is 2.95. The van der Waals surface area contributed by atoms with E-state index in [2.05, 4.69) is 45.8 Å². The summed E-state index contributed by atoms with van der Waals surface area (Å²) in [7, 11) is 0. The molecular formula is C12H9BrClN3. The summed E-state index contributed by atoms with van der Waals surface area (Å²) in [4.78, 5) is 8.62. The maximum Gasteiger partial charge on any atom is 0.176 e. The molecular weight excluding hydrogens is 302 g/mol. The molecule has 0 atom stereocenters. The molecule has 3 nitrogen and oxygen atoms in total. The van der Waals surface area contributed by atoms with E-state index in [0.29, 0.717) is 10.8 Å². The van der Waals surface area contributed by atoms with Gasteiger partial charge in [-0.2, -0.15) is 0 Å². The lowest BCUT2D eigenvalue weighted by molar-refractivity contribution is 1.17. The molecule has 3 aromatic rings. The van der Waals surface area contributed by atoms with Crippen molar-refractivity contribution in [2.75, 3.05) is 0 Å². The highest BCUT2D eigenvalue weighted by Crippen LogP contribution is 2.26. The predicted octanol–water partition coefficient (Wildman–Crippen LogP) is 3.92. The van der Waals surface area contributed by atoms with E-state index in [9.17, 15) is 0 Å². The predicted molar refractivity (Wildman–Crippen MR) is 72.7 cm³/mol. The molecule has 0 fully saturated rings. The molecule has 0 N–H and O–H groups in total. The molecule has 0 aliphatic rings. The molecule has 0 amide bonds. The summed E-state index contributed by atoms with van der Waals surface area (Å²) in [5.41, 5.74) is 5.00. The summed E-state index contributed by atoms with van der Waals surface area (Å²) >= 11 is 9.61. The molecule has 5 heteroatoms. The maximum atomic E-state index is 6.13. The van der Waals surface area contributed by atoms with Gasteiger partial charge in [0.25, 0.3) is 0 Å². The van der Waals surface area contributed by atoms with E-state index in [0.717, 1.165) is 15.6 Å². The largest absolute Gasteiger partial charge is 0.282 e. The van der Waals surface area contributed by atoms with Crippen molar-refractivity contribution in [3.8, 4) is 0 Å². The lowest BCUT2D eigenvalue weighted by atomic mass is 10.1. The van der Waals surface area contributed by atoms with Gasteiger partial charge in [0.2, 0.25) is 0 Å². The van der Waals surface area contributed by atoms with Crippen LogP contribution in [-0.2, 0) is 0 Å². The van der Waals surface area contributed by atoms with Crippen molar-refractivity contribution in [1.29, 1.82) is 0 Å². The molecule has 86 valence electrons. The molecule has 0 radical (unpaired) electrons. The van der Waals surface area contributed by atoms with Gasteiger partial charge in [-0.15, -0.1) is 0 Å². The quantitative estimate of drug-likeness (QED) is 0.630. The number of halogens is 2. The topological polar surface area (TPSA) is 30.2 Å². The van der Waals surface area contributed by atoms with Crippen LogP contribution in [0.2, 0.25) is 5.15 Å². The minimum Gasteiger partial charge on any atom is -0.282 e. The highest BCUT2D eigenvalue weighted by atomic mass is 79.9. The summed E-state index contributed by atoms with van der Waals surface area (Å²) in [6.45, 7) is 4.15. The average molecular weight is 311 g/mol. The first-order valence-electron chi connectivity index (χ1n) is 5.17. The van der Waals surface area contributed by atoms with Crippen molar-refractivity contribution in [1.82, 2.24) is 14.4 Å². The zero-order valence-electron chi connectivity index (χ0n) is 9.33. The standard InChI is InChI=1S/C12H9BrClN3/c1-6-3-8-9(4-7(6)2)17-10(13)5-15-12(17)11(14)16-8/h3-5H,1-2H3. The van der Waals surface area contributed by atoms with E-state index in [-0.39, 0.29) is 0 Å². The number of nitrogens with zero attached hydrogens (tertiary/aromatic N) is 3. The van der Waals surface area contributed by atoms with Crippen LogP contribution >= 0.6 is 27.5 Å². The Labute approximate surface area is 112 Å². The summed E-state index contributed by atoms with van der Waals surface area (Å²) in [5, 5.41) is 0.423. The summed E-state index contributed by atoms with van der Waals surface area (Å²) in [6, 6.07) is 4.15. The first kappa shape index (κ1) is 11.0. The first-order valence-corrected chi connectivity index (χ1v) is 6.34. The van der Waals surface area contributed by atoms with Crippen LogP contribution in [0, 0.1) is 13.8 Å². The Morgan fingerprint density at radius 2 is 1.94 bits per heavy atom. The Hall–Kier alpha value is -1.13. The normalized spacial score (nSPS) is 11.5. The second-order valence-electron chi connectivity index (χ2n) is 4.07. The summed E-state index contributed by atoms with van der Waals surface area (Å²) < 4.78 is 2.85. The average Bonchev–Trinajstić information content (AvgIpc) is 2.65. The lowest BCUT2D eigenvalue weighted by Gasteiger charge is -2.07. The Morgan fingerprint density at radius 1 is 1.24 bits per heavy atom. The van der Waals surface area contributed by atoms with E-state index in [1.54, 1.807) is 6.20 Å². The third kappa shape index (κ3) is 1.55. The fourth-order valence-electron chi connectivity index (χ4n) is 1.92. The zero-order chi connectivity index (χ0) is 12.2. The number of benzene rings is 1. The Kier molecular flexibility index (Phi) is 2.38. The van der Waals surface area contributed by atoms with Gasteiger partial charge in [-0.25, -0.2) is 9.97 Å². The van der Waals surface area contributed by atoms with Crippen LogP contribution in [0.25, 0.3) is 16.7 Å². The van der Waals surface area contributed by atoms with E-state index in [1.807, 2.05) is 10.5 Å². The van der Waals surface area contributed by atoms with Gasteiger partial charge in [-0.05, 0) is 53.0 Å². The Bertz CT molecular complexity index is 748. The van der Waals surface area contributed by atoms with Crippen molar-refractivity contribution in [2.45, 2.75) is 13.8 Å². The van der Waals surface area contributed by atoms with E-state index in [1.165, 1.54) is 11.1 Å². The molecule has 0 aliphatic heterocycles. The van der Waals surface area contributed by atoms with Crippen molar-refractivity contribution >= 4 is 44.2 Å². The minimum absolute atomic E-state index is 0.423. The fraction of sp³-hybridized carbons (Fsp3) is 0.167. The first-order chi connectivity index (χ1) is 8.08. The molecule has 1 aromatic carbocycles. The van der Waals surface area contributed by atoms with Gasteiger partial charge < -0.3 is 0 Å². The van der Waals surface area contributed by atoms with Crippen molar-refractivity contribution in [3.05, 3.63) is 39.2 Å². The van der Waals surface area contributed by atoms with Crippen LogP contribution in [0.1, 0.15) is 11.1 Å². The van der Waals surface area contributed by atoms with Gasteiger partial charge in [0.05, 0.1) is 17.2 Å². The van der Waals surface area contributed by atoms with Crippen molar-refractivity contribution < 1.29 is 0 Å². The van der Waals surface area contributed by atoms with Gasteiger partial charge in [0.15, 0.2) is 10.8 Å². The second kappa shape index (κ2) is 3.68. The SMILES string of the molecule is Cc1cc2nc(Cl)c3ncc(Br)n3c2cc1C. The third-order valence-corrected chi connectivity index (χ3v) is 3.77. The van der Waals surface area contributed by atoms with E-state index in [4.69, 9.17) is 11.6 Å². The van der Waals surface area contributed by atoms with Crippen LogP contribution in [-0.4, -0.2) is 14.4 Å². The zero-order valence-corrected chi connectivity index (χ0v) is 11.7. The van der Waals surface area contributed by atoms with Crippen LogP contribution in [0.4, 0.5) is 0 Å². The Morgan fingerprint density at radius 3 is 2.71 bits per heavy atom.